The number of carbonyl (C=O) groups excluding carboxylic acids is 1. The molecular weight excluding hydrogens is 527 g/mol. The van der Waals surface area contributed by atoms with E-state index in [-0.39, 0.29) is 42.0 Å². The highest BCUT2D eigenvalue weighted by Gasteiger charge is 2.33. The van der Waals surface area contributed by atoms with Crippen molar-refractivity contribution in [2.75, 3.05) is 44.7 Å². The molecule has 2 aromatic rings. The van der Waals surface area contributed by atoms with Gasteiger partial charge < -0.3 is 24.9 Å². The van der Waals surface area contributed by atoms with Crippen molar-refractivity contribution in [3.05, 3.63) is 65.2 Å². The molecule has 1 aliphatic rings. The molecule has 0 aliphatic carbocycles. The Labute approximate surface area is 225 Å². The van der Waals surface area contributed by atoms with Crippen molar-refractivity contribution in [1.29, 1.82) is 0 Å². The van der Waals surface area contributed by atoms with Crippen molar-refractivity contribution in [2.24, 2.45) is 0 Å². The van der Waals surface area contributed by atoms with Gasteiger partial charge in [-0.15, -0.1) is 12.4 Å². The number of rotatable bonds is 11. The first-order valence-corrected chi connectivity index (χ1v) is 11.9. The van der Waals surface area contributed by atoms with E-state index in [9.17, 15) is 37.8 Å². The fourth-order valence-corrected chi connectivity index (χ4v) is 4.53. The van der Waals surface area contributed by atoms with Crippen LogP contribution < -0.4 is 4.90 Å². The maximum atomic E-state index is 13.4. The number of likely N-dealkylation sites (tertiary alicyclic amines) is 1. The predicted molar refractivity (Wildman–Crippen MR) is 138 cm³/mol. The third-order valence-electron chi connectivity index (χ3n) is 6.42. The summed E-state index contributed by atoms with van der Waals surface area (Å²) in [4.78, 5) is 40.8. The number of carboxylic acid groups (broad SMARTS) is 2. The Morgan fingerprint density at radius 3 is 2.08 bits per heavy atom. The molecule has 1 atom stereocenters. The van der Waals surface area contributed by atoms with Gasteiger partial charge in [0.15, 0.2) is 0 Å². The van der Waals surface area contributed by atoms with Crippen LogP contribution in [0.4, 0.5) is 18.9 Å². The van der Waals surface area contributed by atoms with E-state index in [1.165, 1.54) is 0 Å². The third kappa shape index (κ3) is 8.35. The summed E-state index contributed by atoms with van der Waals surface area (Å²) in [5.74, 6) is -3.22. The number of carboxylic acids is 2. The smallest absolute Gasteiger partial charge is 0.416 e. The number of carbonyl (C=O) groups is 3. The highest BCUT2D eigenvalue weighted by molar-refractivity contribution is 5.85. The van der Waals surface area contributed by atoms with Crippen molar-refractivity contribution in [2.45, 2.75) is 31.5 Å². The summed E-state index contributed by atoms with van der Waals surface area (Å²) in [7, 11) is 1.63. The van der Waals surface area contributed by atoms with Gasteiger partial charge in [-0.1, -0.05) is 36.4 Å². The molecule has 8 nitrogen and oxygen atoms in total. The van der Waals surface area contributed by atoms with Crippen molar-refractivity contribution in [1.82, 2.24) is 9.80 Å². The van der Waals surface area contributed by atoms with Gasteiger partial charge in [0.2, 0.25) is 5.91 Å². The highest BCUT2D eigenvalue weighted by Crippen LogP contribution is 2.34. The summed E-state index contributed by atoms with van der Waals surface area (Å²) in [5.41, 5.74) is -0.294. The number of hydrogen-bond donors (Lipinski definition) is 2. The van der Waals surface area contributed by atoms with Crippen molar-refractivity contribution < 1.29 is 37.8 Å². The summed E-state index contributed by atoms with van der Waals surface area (Å²) in [6, 6.07) is 11.7. The molecular formula is C26H31ClF3N3O5. The molecule has 0 radical (unpaired) electrons. The largest absolute Gasteiger partial charge is 0.480 e. The quantitative estimate of drug-likeness (QED) is 0.431. The number of aliphatic carboxylic acids is 2. The third-order valence-corrected chi connectivity index (χ3v) is 6.42. The fraction of sp³-hybridized carbons (Fsp3) is 0.423. The Hall–Kier alpha value is -3.31. The minimum atomic E-state index is -4.74. The standard InChI is InChI=1S/C26H30F3N3O5.ClH/c1-30(22(15-31-11-5-6-12-31)18-7-3-2-4-8-18)23(33)13-19-9-10-20(26(27,28)29)14-21(19)32(16-24(34)35)17-25(36)37;/h2-4,7-10,14,22H,5-6,11-13,15-17H2,1H3,(H,34,35)(H,36,37);1H. The average molecular weight is 558 g/mol. The first kappa shape index (κ1) is 30.9. The lowest BCUT2D eigenvalue weighted by Crippen LogP contribution is -2.40. The molecule has 1 heterocycles. The van der Waals surface area contributed by atoms with Crippen LogP contribution in [0.15, 0.2) is 48.5 Å². The summed E-state index contributed by atoms with van der Waals surface area (Å²) in [6.45, 7) is 0.732. The van der Waals surface area contributed by atoms with Crippen LogP contribution in [0.5, 0.6) is 0 Å². The van der Waals surface area contributed by atoms with Gasteiger partial charge in [0.05, 0.1) is 18.0 Å². The number of benzene rings is 2. The number of anilines is 1. The van der Waals surface area contributed by atoms with E-state index in [0.29, 0.717) is 12.6 Å². The van der Waals surface area contributed by atoms with Crippen LogP contribution in [0.1, 0.15) is 35.6 Å². The lowest BCUT2D eigenvalue weighted by Gasteiger charge is -2.33. The second kappa shape index (κ2) is 13.5. The SMILES string of the molecule is CN(C(=O)Cc1ccc(C(F)(F)F)cc1N(CC(=O)O)CC(=O)O)C(CN1CCCC1)c1ccccc1.Cl. The maximum absolute atomic E-state index is 13.4. The molecule has 3 rings (SSSR count). The molecule has 38 heavy (non-hydrogen) atoms. The Morgan fingerprint density at radius 2 is 1.55 bits per heavy atom. The van der Waals surface area contributed by atoms with Crippen molar-refractivity contribution in [3.8, 4) is 0 Å². The number of amides is 1. The van der Waals surface area contributed by atoms with Gasteiger partial charge in [-0.2, -0.15) is 13.2 Å². The molecule has 208 valence electrons. The monoisotopic (exact) mass is 557 g/mol. The van der Waals surface area contributed by atoms with Crippen LogP contribution in [0.3, 0.4) is 0 Å². The normalized spacial score (nSPS) is 14.4. The van der Waals surface area contributed by atoms with E-state index in [2.05, 4.69) is 4.90 Å². The van der Waals surface area contributed by atoms with Crippen LogP contribution >= 0.6 is 12.4 Å². The van der Waals surface area contributed by atoms with Crippen LogP contribution in [-0.4, -0.2) is 77.6 Å². The maximum Gasteiger partial charge on any atom is 0.416 e. The van der Waals surface area contributed by atoms with E-state index in [1.54, 1.807) is 11.9 Å². The molecule has 1 fully saturated rings. The Bertz CT molecular complexity index is 1100. The number of halogens is 4. The van der Waals surface area contributed by atoms with Gasteiger partial charge in [-0.25, -0.2) is 0 Å². The number of alkyl halides is 3. The van der Waals surface area contributed by atoms with Crippen LogP contribution in [-0.2, 0) is 27.0 Å². The van der Waals surface area contributed by atoms with E-state index in [4.69, 9.17) is 0 Å². The van der Waals surface area contributed by atoms with Gasteiger partial charge >= 0.3 is 18.1 Å². The summed E-state index contributed by atoms with van der Waals surface area (Å²) in [5, 5.41) is 18.5. The fourth-order valence-electron chi connectivity index (χ4n) is 4.53. The van der Waals surface area contributed by atoms with Crippen molar-refractivity contribution >= 4 is 35.9 Å². The lowest BCUT2D eigenvalue weighted by atomic mass is 10.0. The second-order valence-corrected chi connectivity index (χ2v) is 9.10. The Morgan fingerprint density at radius 1 is 0.974 bits per heavy atom. The van der Waals surface area contributed by atoms with Crippen molar-refractivity contribution in [3.63, 3.8) is 0 Å². The van der Waals surface area contributed by atoms with Gasteiger partial charge in [0, 0.05) is 19.3 Å². The molecule has 2 N–H and O–H groups in total. The van der Waals surface area contributed by atoms with E-state index >= 15 is 0 Å². The molecule has 1 aliphatic heterocycles. The lowest BCUT2D eigenvalue weighted by molar-refractivity contribution is -0.138. The van der Waals surface area contributed by atoms with Crippen LogP contribution in [0.2, 0.25) is 0 Å². The van der Waals surface area contributed by atoms with Crippen LogP contribution in [0, 0.1) is 0 Å². The minimum absolute atomic E-state index is 0. The summed E-state index contributed by atoms with van der Waals surface area (Å²) < 4.78 is 40.3. The molecule has 12 heteroatoms. The minimum Gasteiger partial charge on any atom is -0.480 e. The number of nitrogens with zero attached hydrogens (tertiary/aromatic N) is 3. The zero-order valence-electron chi connectivity index (χ0n) is 20.9. The number of likely N-dealkylation sites (N-methyl/N-ethyl adjacent to an activating group) is 1. The second-order valence-electron chi connectivity index (χ2n) is 9.10. The molecule has 0 aromatic heterocycles. The molecule has 1 amide bonds. The topological polar surface area (TPSA) is 101 Å². The average Bonchev–Trinajstić information content (AvgIpc) is 3.34. The van der Waals surface area contributed by atoms with Gasteiger partial charge in [-0.3, -0.25) is 14.4 Å². The predicted octanol–water partition coefficient (Wildman–Crippen LogP) is 3.94. The van der Waals surface area contributed by atoms with E-state index in [0.717, 1.165) is 48.5 Å². The molecule has 0 spiro atoms. The molecule has 0 bridgehead atoms. The molecule has 1 saturated heterocycles. The summed E-state index contributed by atoms with van der Waals surface area (Å²) >= 11 is 0. The Balaban J connectivity index is 0.00000507. The molecule has 1 unspecified atom stereocenters. The Kier molecular flexibility index (Phi) is 11.0. The first-order chi connectivity index (χ1) is 17.5. The van der Waals surface area contributed by atoms with Gasteiger partial charge in [0.1, 0.15) is 13.1 Å². The highest BCUT2D eigenvalue weighted by atomic mass is 35.5. The van der Waals surface area contributed by atoms with Crippen LogP contribution in [0.25, 0.3) is 0 Å². The van der Waals surface area contributed by atoms with E-state index < -0.39 is 36.8 Å². The number of hydrogen-bond acceptors (Lipinski definition) is 5. The molecule has 0 saturated carbocycles. The van der Waals surface area contributed by atoms with E-state index in [1.807, 2.05) is 30.3 Å². The van der Waals surface area contributed by atoms with Gasteiger partial charge in [0.25, 0.3) is 0 Å². The first-order valence-electron chi connectivity index (χ1n) is 11.9. The zero-order chi connectivity index (χ0) is 27.2. The summed E-state index contributed by atoms with van der Waals surface area (Å²) in [6.07, 6.45) is -2.93. The van der Waals surface area contributed by atoms with Gasteiger partial charge in [-0.05, 0) is 49.2 Å². The zero-order valence-corrected chi connectivity index (χ0v) is 21.7. The molecule has 2 aromatic carbocycles.